The molecule has 0 aliphatic heterocycles. The molecule has 0 saturated carbocycles. The molecule has 1 aromatic carbocycles. The van der Waals surface area contributed by atoms with E-state index in [2.05, 4.69) is 52.0 Å². The summed E-state index contributed by atoms with van der Waals surface area (Å²) in [4.78, 5) is 0. The van der Waals surface area contributed by atoms with Gasteiger partial charge in [0, 0.05) is 0 Å². The van der Waals surface area contributed by atoms with Crippen LogP contribution >= 0.6 is 0 Å². The molecule has 0 bridgehead atoms. The van der Waals surface area contributed by atoms with Crippen LogP contribution in [0.15, 0.2) is 24.3 Å². The van der Waals surface area contributed by atoms with E-state index in [1.165, 1.54) is 19.3 Å². The quantitative estimate of drug-likeness (QED) is 0.574. The van der Waals surface area contributed by atoms with Crippen LogP contribution in [0.4, 0.5) is 0 Å². The molecule has 0 heterocycles. The molecule has 2 rings (SSSR count). The van der Waals surface area contributed by atoms with Crippen LogP contribution in [0.25, 0.3) is 0 Å². The van der Waals surface area contributed by atoms with Gasteiger partial charge in [-0.1, -0.05) is 58.4 Å². The molecule has 0 saturated heterocycles. The molecule has 0 unspecified atom stereocenters. The molecule has 0 heteroatoms. The zero-order valence-corrected chi connectivity index (χ0v) is 9.93. The largest absolute Gasteiger partial charge is 0.0656 e. The minimum Gasteiger partial charge on any atom is -0.0656 e. The monoisotopic (exact) mass is 190 g/mol. The maximum Gasteiger partial charge on any atom is -0.0221 e. The first-order valence-corrected chi connectivity index (χ1v) is 5.66. The van der Waals surface area contributed by atoms with E-state index in [1.807, 2.05) is 0 Å². The predicted molar refractivity (Wildman–Crippen MR) is 63.6 cm³/mol. The van der Waals surface area contributed by atoms with E-state index >= 15 is 0 Å². The van der Waals surface area contributed by atoms with E-state index in [-0.39, 0.29) is 0 Å². The Kier molecular flexibility index (Phi) is 3.74. The fourth-order valence-corrected chi connectivity index (χ4v) is 2.00. The number of benzene rings is 1. The Morgan fingerprint density at radius 2 is 1.36 bits per heavy atom. The highest BCUT2D eigenvalue weighted by Gasteiger charge is 2.27. The molecule has 0 spiro atoms. The van der Waals surface area contributed by atoms with Gasteiger partial charge in [-0.15, -0.1) is 0 Å². The molecule has 1 aliphatic rings. The molecule has 0 N–H and O–H groups in total. The lowest BCUT2D eigenvalue weighted by Crippen LogP contribution is -2.09. The topological polar surface area (TPSA) is 0 Å². The molecule has 0 atom stereocenters. The van der Waals surface area contributed by atoms with Crippen molar-refractivity contribution in [1.29, 1.82) is 0 Å². The summed E-state index contributed by atoms with van der Waals surface area (Å²) in [6.07, 6.45) is 3.76. The van der Waals surface area contributed by atoms with E-state index in [4.69, 9.17) is 0 Å². The van der Waals surface area contributed by atoms with Crippen molar-refractivity contribution >= 4 is 0 Å². The normalized spacial score (nSPS) is 16.9. The van der Waals surface area contributed by atoms with Gasteiger partial charge in [-0.2, -0.15) is 0 Å². The van der Waals surface area contributed by atoms with E-state index in [9.17, 15) is 0 Å². The minimum atomic E-state index is 0.504. The number of rotatable bonds is 0. The third-order valence-corrected chi connectivity index (χ3v) is 2.46. The maximum absolute atomic E-state index is 2.34. The van der Waals surface area contributed by atoms with Crippen molar-refractivity contribution in [2.45, 2.75) is 47.0 Å². The van der Waals surface area contributed by atoms with Crippen molar-refractivity contribution < 1.29 is 0 Å². The molecule has 0 nitrogen and oxygen atoms in total. The van der Waals surface area contributed by atoms with Gasteiger partial charge in [0.25, 0.3) is 0 Å². The Morgan fingerprint density at radius 1 is 1.00 bits per heavy atom. The molecule has 78 valence electrons. The molecule has 14 heavy (non-hydrogen) atoms. The first kappa shape index (κ1) is 11.3. The summed E-state index contributed by atoms with van der Waals surface area (Å²) in [5, 5.41) is 0. The van der Waals surface area contributed by atoms with Crippen LogP contribution in [-0.4, -0.2) is 0 Å². The lowest BCUT2D eigenvalue weighted by Gasteiger charge is -2.14. The van der Waals surface area contributed by atoms with Gasteiger partial charge in [0.15, 0.2) is 0 Å². The van der Waals surface area contributed by atoms with Crippen LogP contribution in [0.3, 0.4) is 0 Å². The minimum absolute atomic E-state index is 0.504. The van der Waals surface area contributed by atoms with Crippen molar-refractivity contribution in [2.24, 2.45) is 5.41 Å². The van der Waals surface area contributed by atoms with Crippen LogP contribution < -0.4 is 0 Å². The number of hydrogen-bond acceptors (Lipinski definition) is 0. The fourth-order valence-electron chi connectivity index (χ4n) is 2.00. The maximum atomic E-state index is 2.34. The molecule has 0 amide bonds. The van der Waals surface area contributed by atoms with E-state index < -0.39 is 0 Å². The van der Waals surface area contributed by atoms with Crippen LogP contribution in [0, 0.1) is 5.41 Å². The first-order valence-electron chi connectivity index (χ1n) is 5.66. The Morgan fingerprint density at radius 3 is 1.71 bits per heavy atom. The molecule has 0 aromatic heterocycles. The zero-order valence-electron chi connectivity index (χ0n) is 9.93. The Balaban J connectivity index is 0.000000293. The third-order valence-electron chi connectivity index (χ3n) is 2.46. The molecule has 1 aromatic rings. The van der Waals surface area contributed by atoms with Crippen molar-refractivity contribution in [1.82, 2.24) is 0 Å². The highest BCUT2D eigenvalue weighted by atomic mass is 14.3. The van der Waals surface area contributed by atoms with E-state index in [0.29, 0.717) is 5.41 Å². The lowest BCUT2D eigenvalue weighted by molar-refractivity contribution is 0.392. The van der Waals surface area contributed by atoms with Gasteiger partial charge in [-0.3, -0.25) is 0 Å². The summed E-state index contributed by atoms with van der Waals surface area (Å²) < 4.78 is 0. The Bertz CT molecular complexity index is 257. The summed E-state index contributed by atoms with van der Waals surface area (Å²) in [5.41, 5.74) is 3.61. The highest BCUT2D eigenvalue weighted by Crippen LogP contribution is 2.35. The van der Waals surface area contributed by atoms with Crippen molar-refractivity contribution in [2.75, 3.05) is 0 Å². The number of hydrogen-bond donors (Lipinski definition) is 0. The second kappa shape index (κ2) is 4.63. The van der Waals surface area contributed by atoms with E-state index in [1.54, 1.807) is 11.1 Å². The van der Waals surface area contributed by atoms with Crippen molar-refractivity contribution in [3.63, 3.8) is 0 Å². The van der Waals surface area contributed by atoms with Gasteiger partial charge in [0.1, 0.15) is 0 Å². The Labute approximate surface area is 88.4 Å². The summed E-state index contributed by atoms with van der Waals surface area (Å²) in [6, 6.07) is 8.79. The third kappa shape index (κ3) is 2.87. The van der Waals surface area contributed by atoms with Gasteiger partial charge in [-0.05, 0) is 29.4 Å². The van der Waals surface area contributed by atoms with E-state index in [0.717, 1.165) is 0 Å². The second-order valence-corrected chi connectivity index (χ2v) is 4.99. The van der Waals surface area contributed by atoms with Gasteiger partial charge in [0.05, 0.1) is 0 Å². The molecular formula is C14H22. The highest BCUT2D eigenvalue weighted by molar-refractivity contribution is 5.33. The van der Waals surface area contributed by atoms with Crippen molar-refractivity contribution in [3.8, 4) is 0 Å². The van der Waals surface area contributed by atoms with Gasteiger partial charge < -0.3 is 0 Å². The summed E-state index contributed by atoms with van der Waals surface area (Å²) in [6.45, 7) is 8.93. The van der Waals surface area contributed by atoms with Crippen molar-refractivity contribution in [3.05, 3.63) is 35.4 Å². The van der Waals surface area contributed by atoms with Crippen LogP contribution in [0.5, 0.6) is 0 Å². The lowest BCUT2D eigenvalue weighted by atomic mass is 9.90. The van der Waals surface area contributed by atoms with Crippen LogP contribution in [0.2, 0.25) is 0 Å². The first-order chi connectivity index (χ1) is 6.59. The number of fused-ring (bicyclic) bond motifs is 1. The van der Waals surface area contributed by atoms with Gasteiger partial charge in [-0.25, -0.2) is 0 Å². The average Bonchev–Trinajstić information content (AvgIpc) is 2.39. The molecular weight excluding hydrogens is 168 g/mol. The van der Waals surface area contributed by atoms with Crippen LogP contribution in [0.1, 0.15) is 45.2 Å². The smallest absolute Gasteiger partial charge is 0.0221 e. The molecule has 0 radical (unpaired) electrons. The summed E-state index contributed by atoms with van der Waals surface area (Å²) in [5.74, 6) is 0. The average molecular weight is 190 g/mol. The van der Waals surface area contributed by atoms with Crippen LogP contribution in [-0.2, 0) is 12.8 Å². The standard InChI is InChI=1S/C11H14.C3H8/c1-11(2)7-9-5-3-4-6-10(9)8-11;1-3-2/h3-6H,7-8H2,1-2H3;3H2,1-2H3. The Hall–Kier alpha value is -0.780. The molecule has 0 fully saturated rings. The second-order valence-electron chi connectivity index (χ2n) is 4.99. The summed E-state index contributed by atoms with van der Waals surface area (Å²) >= 11 is 0. The van der Waals surface area contributed by atoms with Gasteiger partial charge >= 0.3 is 0 Å². The summed E-state index contributed by atoms with van der Waals surface area (Å²) in [7, 11) is 0. The fraction of sp³-hybridized carbons (Fsp3) is 0.571. The van der Waals surface area contributed by atoms with Gasteiger partial charge in [0.2, 0.25) is 0 Å². The molecule has 1 aliphatic carbocycles. The predicted octanol–water partition coefficient (Wildman–Crippen LogP) is 4.23. The SMILES string of the molecule is CC1(C)Cc2ccccc2C1.CCC. The zero-order chi connectivity index (χ0) is 10.6.